The maximum Gasteiger partial charge on any atom is 0.125 e. The summed E-state index contributed by atoms with van der Waals surface area (Å²) in [4.78, 5) is 2.47. The SMILES string of the molecule is Fc1cc(Cl)cc([C@H](C2CC2)N2CCNCC2)c1. The van der Waals surface area contributed by atoms with Gasteiger partial charge in [0.1, 0.15) is 5.82 Å². The standard InChI is InChI=1S/C14H18ClFN2/c15-12-7-11(8-13(16)9-12)14(10-1-2-10)18-5-3-17-4-6-18/h7-10,14,17H,1-6H2/t14-/m0/s1. The lowest BCUT2D eigenvalue weighted by Crippen LogP contribution is -2.45. The van der Waals surface area contributed by atoms with Gasteiger partial charge in [-0.2, -0.15) is 0 Å². The average molecular weight is 269 g/mol. The molecule has 0 unspecified atom stereocenters. The van der Waals surface area contributed by atoms with Crippen LogP contribution in [0.1, 0.15) is 24.4 Å². The Kier molecular flexibility index (Phi) is 3.55. The van der Waals surface area contributed by atoms with Crippen molar-refractivity contribution in [2.45, 2.75) is 18.9 Å². The third-order valence-corrected chi connectivity index (χ3v) is 4.06. The summed E-state index contributed by atoms with van der Waals surface area (Å²) in [7, 11) is 0. The van der Waals surface area contributed by atoms with E-state index in [0.717, 1.165) is 31.7 Å². The van der Waals surface area contributed by atoms with Crippen LogP contribution in [0, 0.1) is 11.7 Å². The quantitative estimate of drug-likeness (QED) is 0.907. The molecule has 1 N–H and O–H groups in total. The average Bonchev–Trinajstić information content (AvgIpc) is 3.14. The topological polar surface area (TPSA) is 15.3 Å². The molecular formula is C14H18ClFN2. The molecule has 18 heavy (non-hydrogen) atoms. The summed E-state index contributed by atoms with van der Waals surface area (Å²) >= 11 is 5.99. The first-order chi connectivity index (χ1) is 8.74. The van der Waals surface area contributed by atoms with Gasteiger partial charge in [0.2, 0.25) is 0 Å². The van der Waals surface area contributed by atoms with E-state index < -0.39 is 0 Å². The zero-order valence-electron chi connectivity index (χ0n) is 10.3. The van der Waals surface area contributed by atoms with Gasteiger partial charge in [0.05, 0.1) is 0 Å². The minimum absolute atomic E-state index is 0.224. The summed E-state index contributed by atoms with van der Waals surface area (Å²) < 4.78 is 13.5. The van der Waals surface area contributed by atoms with Crippen LogP contribution in [0.4, 0.5) is 4.39 Å². The van der Waals surface area contributed by atoms with E-state index in [1.165, 1.54) is 18.9 Å². The van der Waals surface area contributed by atoms with Crippen LogP contribution >= 0.6 is 11.6 Å². The molecule has 0 spiro atoms. The number of piperazine rings is 1. The molecule has 1 aromatic rings. The van der Waals surface area contributed by atoms with Crippen LogP contribution in [-0.2, 0) is 0 Å². The summed E-state index contributed by atoms with van der Waals surface area (Å²) in [5.74, 6) is 0.458. The van der Waals surface area contributed by atoms with Crippen molar-refractivity contribution in [2.75, 3.05) is 26.2 Å². The van der Waals surface area contributed by atoms with Crippen molar-refractivity contribution in [3.63, 3.8) is 0 Å². The van der Waals surface area contributed by atoms with Crippen molar-refractivity contribution < 1.29 is 4.39 Å². The number of benzene rings is 1. The van der Waals surface area contributed by atoms with Crippen molar-refractivity contribution >= 4 is 11.6 Å². The van der Waals surface area contributed by atoms with Gasteiger partial charge in [-0.05, 0) is 42.5 Å². The van der Waals surface area contributed by atoms with Gasteiger partial charge < -0.3 is 5.32 Å². The van der Waals surface area contributed by atoms with Crippen molar-refractivity contribution in [3.05, 3.63) is 34.6 Å². The number of hydrogen-bond acceptors (Lipinski definition) is 2. The van der Waals surface area contributed by atoms with Crippen LogP contribution in [-0.4, -0.2) is 31.1 Å². The van der Waals surface area contributed by atoms with Gasteiger partial charge in [0.15, 0.2) is 0 Å². The van der Waals surface area contributed by atoms with Crippen LogP contribution in [0.3, 0.4) is 0 Å². The molecule has 2 nitrogen and oxygen atoms in total. The van der Waals surface area contributed by atoms with E-state index in [9.17, 15) is 4.39 Å². The minimum Gasteiger partial charge on any atom is -0.314 e. The number of halogens is 2. The molecule has 0 amide bonds. The third kappa shape index (κ3) is 2.68. The molecule has 98 valence electrons. The molecule has 1 aromatic carbocycles. The summed E-state index contributed by atoms with van der Waals surface area (Å²) in [5.41, 5.74) is 1.05. The van der Waals surface area contributed by atoms with Gasteiger partial charge in [-0.25, -0.2) is 4.39 Å². The summed E-state index contributed by atoms with van der Waals surface area (Å²) in [6, 6.07) is 5.31. The van der Waals surface area contributed by atoms with Crippen LogP contribution < -0.4 is 5.32 Å². The van der Waals surface area contributed by atoms with Crippen molar-refractivity contribution in [3.8, 4) is 0 Å². The van der Waals surface area contributed by atoms with E-state index in [0.29, 0.717) is 17.0 Å². The van der Waals surface area contributed by atoms with Crippen LogP contribution in [0.15, 0.2) is 18.2 Å². The Hall–Kier alpha value is -0.640. The van der Waals surface area contributed by atoms with Crippen LogP contribution in [0.5, 0.6) is 0 Å². The number of nitrogens with zero attached hydrogens (tertiary/aromatic N) is 1. The van der Waals surface area contributed by atoms with E-state index in [1.807, 2.05) is 6.07 Å². The Bertz CT molecular complexity index is 408. The fourth-order valence-corrected chi connectivity index (χ4v) is 3.13. The second-order valence-corrected chi connectivity index (χ2v) is 5.71. The van der Waals surface area contributed by atoms with Crippen molar-refractivity contribution in [1.82, 2.24) is 10.2 Å². The van der Waals surface area contributed by atoms with Gasteiger partial charge in [0, 0.05) is 37.2 Å². The molecule has 4 heteroatoms. The highest BCUT2D eigenvalue weighted by Crippen LogP contribution is 2.45. The van der Waals surface area contributed by atoms with Gasteiger partial charge in [-0.1, -0.05) is 11.6 Å². The minimum atomic E-state index is -0.224. The normalized spacial score (nSPS) is 23.0. The predicted octanol–water partition coefficient (Wildman–Crippen LogP) is 2.84. The molecule has 1 saturated heterocycles. The van der Waals surface area contributed by atoms with Crippen LogP contribution in [0.2, 0.25) is 5.02 Å². The second-order valence-electron chi connectivity index (χ2n) is 5.27. The Balaban J connectivity index is 1.88. The molecule has 3 rings (SSSR count). The third-order valence-electron chi connectivity index (χ3n) is 3.84. The fraction of sp³-hybridized carbons (Fsp3) is 0.571. The van der Waals surface area contributed by atoms with E-state index >= 15 is 0 Å². The molecule has 1 aliphatic heterocycles. The molecule has 1 saturated carbocycles. The van der Waals surface area contributed by atoms with Crippen LogP contribution in [0.25, 0.3) is 0 Å². The predicted molar refractivity (Wildman–Crippen MR) is 71.3 cm³/mol. The Morgan fingerprint density at radius 3 is 2.56 bits per heavy atom. The first kappa shape index (κ1) is 12.4. The fourth-order valence-electron chi connectivity index (χ4n) is 2.90. The monoisotopic (exact) mass is 268 g/mol. The Labute approximate surface area is 112 Å². The van der Waals surface area contributed by atoms with E-state index in [2.05, 4.69) is 10.2 Å². The lowest BCUT2D eigenvalue weighted by Gasteiger charge is -2.35. The highest BCUT2D eigenvalue weighted by atomic mass is 35.5. The van der Waals surface area contributed by atoms with Gasteiger partial charge in [-0.3, -0.25) is 4.90 Å². The number of rotatable bonds is 3. The van der Waals surface area contributed by atoms with Crippen molar-refractivity contribution in [1.29, 1.82) is 0 Å². The maximum absolute atomic E-state index is 13.5. The van der Waals surface area contributed by atoms with E-state index in [-0.39, 0.29) is 5.82 Å². The second kappa shape index (κ2) is 5.16. The largest absolute Gasteiger partial charge is 0.314 e. The lowest BCUT2D eigenvalue weighted by molar-refractivity contribution is 0.156. The highest BCUT2D eigenvalue weighted by molar-refractivity contribution is 6.30. The zero-order valence-corrected chi connectivity index (χ0v) is 11.1. The molecule has 0 aromatic heterocycles. The first-order valence-corrected chi connectivity index (χ1v) is 7.02. The first-order valence-electron chi connectivity index (χ1n) is 6.65. The smallest absolute Gasteiger partial charge is 0.125 e. The van der Waals surface area contributed by atoms with Crippen molar-refractivity contribution in [2.24, 2.45) is 5.92 Å². The van der Waals surface area contributed by atoms with Gasteiger partial charge >= 0.3 is 0 Å². The highest BCUT2D eigenvalue weighted by Gasteiger charge is 2.36. The van der Waals surface area contributed by atoms with Gasteiger partial charge in [-0.15, -0.1) is 0 Å². The Morgan fingerprint density at radius 2 is 1.94 bits per heavy atom. The summed E-state index contributed by atoms with van der Waals surface area (Å²) in [6.45, 7) is 4.11. The summed E-state index contributed by atoms with van der Waals surface area (Å²) in [6.07, 6.45) is 2.51. The molecular weight excluding hydrogens is 251 g/mol. The Morgan fingerprint density at radius 1 is 1.22 bits per heavy atom. The number of nitrogens with one attached hydrogen (secondary N) is 1. The van der Waals surface area contributed by atoms with E-state index in [4.69, 9.17) is 11.6 Å². The molecule has 1 aliphatic carbocycles. The molecule has 2 fully saturated rings. The zero-order chi connectivity index (χ0) is 12.5. The van der Waals surface area contributed by atoms with E-state index in [1.54, 1.807) is 6.07 Å². The number of hydrogen-bond donors (Lipinski definition) is 1. The maximum atomic E-state index is 13.5. The molecule has 1 heterocycles. The molecule has 0 radical (unpaired) electrons. The molecule has 1 atom stereocenters. The lowest BCUT2D eigenvalue weighted by atomic mass is 9.99. The molecule has 0 bridgehead atoms. The van der Waals surface area contributed by atoms with Gasteiger partial charge in [0.25, 0.3) is 0 Å². The summed E-state index contributed by atoms with van der Waals surface area (Å²) in [5, 5.41) is 3.87. The molecule has 2 aliphatic rings.